The smallest absolute Gasteiger partial charge is 0.254 e. The van der Waals surface area contributed by atoms with Crippen molar-refractivity contribution in [3.8, 4) is 11.5 Å². The third-order valence-electron chi connectivity index (χ3n) is 4.56. The zero-order valence-electron chi connectivity index (χ0n) is 17.7. The van der Waals surface area contributed by atoms with Gasteiger partial charge in [0.05, 0.1) is 25.3 Å². The number of carbonyl (C=O) groups excluding carboxylic acids is 1. The van der Waals surface area contributed by atoms with E-state index in [0.29, 0.717) is 36.2 Å². The summed E-state index contributed by atoms with van der Waals surface area (Å²) in [6, 6.07) is 12.9. The number of nitrogens with one attached hydrogen (secondary N) is 1. The van der Waals surface area contributed by atoms with Gasteiger partial charge in [-0.1, -0.05) is 36.0 Å². The van der Waals surface area contributed by atoms with Gasteiger partial charge in [-0.15, -0.1) is 10.2 Å². The third kappa shape index (κ3) is 5.55. The second-order valence-electron chi connectivity index (χ2n) is 6.61. The maximum atomic E-state index is 13.9. The van der Waals surface area contributed by atoms with Crippen molar-refractivity contribution in [2.24, 2.45) is 0 Å². The highest BCUT2D eigenvalue weighted by molar-refractivity contribution is 7.99. The van der Waals surface area contributed by atoms with Gasteiger partial charge in [0.1, 0.15) is 5.82 Å². The van der Waals surface area contributed by atoms with Gasteiger partial charge in [-0.05, 0) is 38.1 Å². The highest BCUT2D eigenvalue weighted by Crippen LogP contribution is 2.26. The molecule has 1 atom stereocenters. The lowest BCUT2D eigenvalue weighted by Crippen LogP contribution is -2.29. The van der Waals surface area contributed by atoms with Gasteiger partial charge in [0.25, 0.3) is 5.91 Å². The lowest BCUT2D eigenvalue weighted by atomic mass is 10.2. The molecule has 0 saturated heterocycles. The summed E-state index contributed by atoms with van der Waals surface area (Å²) >= 11 is 1.51. The molecular formula is C22H25FN4O3S. The van der Waals surface area contributed by atoms with Crippen molar-refractivity contribution in [1.82, 2.24) is 20.1 Å². The third-order valence-corrected chi connectivity index (χ3v) is 5.49. The molecule has 0 bridgehead atoms. The Hall–Kier alpha value is -3.07. The van der Waals surface area contributed by atoms with E-state index in [1.165, 1.54) is 23.9 Å². The molecule has 2 aromatic carbocycles. The van der Waals surface area contributed by atoms with Gasteiger partial charge in [-0.3, -0.25) is 4.79 Å². The summed E-state index contributed by atoms with van der Waals surface area (Å²) in [4.78, 5) is 12.4. The minimum atomic E-state index is -0.560. The van der Waals surface area contributed by atoms with E-state index < -0.39 is 17.8 Å². The topological polar surface area (TPSA) is 78.3 Å². The van der Waals surface area contributed by atoms with Crippen LogP contribution in [0.2, 0.25) is 0 Å². The molecule has 0 aliphatic rings. The number of hydrogen-bond acceptors (Lipinski definition) is 6. The van der Waals surface area contributed by atoms with Gasteiger partial charge in [0.2, 0.25) is 0 Å². The maximum absolute atomic E-state index is 13.9. The van der Waals surface area contributed by atoms with Crippen LogP contribution in [0.1, 0.15) is 36.1 Å². The molecule has 0 aliphatic carbocycles. The Bertz CT molecular complexity index is 1030. The summed E-state index contributed by atoms with van der Waals surface area (Å²) in [7, 11) is 1.61. The minimum Gasteiger partial charge on any atom is -0.493 e. The summed E-state index contributed by atoms with van der Waals surface area (Å²) < 4.78 is 26.9. The van der Waals surface area contributed by atoms with E-state index in [2.05, 4.69) is 15.5 Å². The Balaban J connectivity index is 1.59. The second-order valence-corrected chi connectivity index (χ2v) is 7.67. The van der Waals surface area contributed by atoms with Crippen molar-refractivity contribution >= 4 is 17.7 Å². The Morgan fingerprint density at radius 2 is 1.87 bits per heavy atom. The number of carbonyl (C=O) groups is 1. The first kappa shape index (κ1) is 22.6. The summed E-state index contributed by atoms with van der Waals surface area (Å²) in [6.07, 6.45) is 0. The Morgan fingerprint density at radius 3 is 2.58 bits per heavy atom. The predicted octanol–water partition coefficient (Wildman–Crippen LogP) is 4.11. The molecular weight excluding hydrogens is 419 g/mol. The van der Waals surface area contributed by atoms with E-state index in [9.17, 15) is 9.18 Å². The maximum Gasteiger partial charge on any atom is 0.254 e. The molecule has 9 heteroatoms. The molecule has 3 rings (SSSR count). The predicted molar refractivity (Wildman–Crippen MR) is 117 cm³/mol. The fraction of sp³-hybridized carbons (Fsp3) is 0.318. The molecule has 0 spiro atoms. The highest BCUT2D eigenvalue weighted by atomic mass is 32.2. The number of benzene rings is 2. The van der Waals surface area contributed by atoms with Crippen LogP contribution in [-0.4, -0.2) is 40.1 Å². The molecule has 1 aromatic heterocycles. The number of thioether (sulfide) groups is 1. The Morgan fingerprint density at radius 1 is 1.16 bits per heavy atom. The SMILES string of the molecule is CCn1c(SCCOc2ccccc2OC)nnc1C(C)NC(=O)c1ccccc1F. The van der Waals surface area contributed by atoms with Crippen molar-refractivity contribution in [2.45, 2.75) is 31.6 Å². The van der Waals surface area contributed by atoms with E-state index >= 15 is 0 Å². The first-order valence-corrected chi connectivity index (χ1v) is 10.9. The van der Waals surface area contributed by atoms with E-state index in [1.807, 2.05) is 35.8 Å². The molecule has 3 aromatic rings. The number of hydrogen-bond donors (Lipinski definition) is 1. The number of halogens is 1. The quantitative estimate of drug-likeness (QED) is 0.375. The molecule has 0 saturated carbocycles. The monoisotopic (exact) mass is 444 g/mol. The first-order chi connectivity index (χ1) is 15.0. The minimum absolute atomic E-state index is 0.00000103. The molecule has 0 aliphatic heterocycles. The molecule has 31 heavy (non-hydrogen) atoms. The first-order valence-electron chi connectivity index (χ1n) is 9.92. The molecule has 7 nitrogen and oxygen atoms in total. The number of methoxy groups -OCH3 is 1. The van der Waals surface area contributed by atoms with Gasteiger partial charge >= 0.3 is 0 Å². The number of amides is 1. The molecule has 1 amide bonds. The van der Waals surface area contributed by atoms with Crippen molar-refractivity contribution in [1.29, 1.82) is 0 Å². The largest absolute Gasteiger partial charge is 0.493 e. The number of ether oxygens (including phenoxy) is 2. The number of rotatable bonds is 10. The van der Waals surface area contributed by atoms with Gasteiger partial charge in [0.15, 0.2) is 22.5 Å². The van der Waals surface area contributed by atoms with Crippen LogP contribution < -0.4 is 14.8 Å². The van der Waals surface area contributed by atoms with Gasteiger partial charge < -0.3 is 19.4 Å². The summed E-state index contributed by atoms with van der Waals surface area (Å²) in [5.41, 5.74) is 0.00000103. The average Bonchev–Trinajstić information content (AvgIpc) is 3.20. The van der Waals surface area contributed by atoms with Crippen LogP contribution in [0.5, 0.6) is 11.5 Å². The summed E-state index contributed by atoms with van der Waals surface area (Å²) in [6.45, 7) is 4.89. The van der Waals surface area contributed by atoms with Crippen LogP contribution in [0.4, 0.5) is 4.39 Å². The fourth-order valence-corrected chi connectivity index (χ4v) is 3.86. The molecule has 0 radical (unpaired) electrons. The summed E-state index contributed by atoms with van der Waals surface area (Å²) in [5, 5.41) is 12.0. The molecule has 1 unspecified atom stereocenters. The average molecular weight is 445 g/mol. The van der Waals surface area contributed by atoms with Crippen molar-refractivity contribution in [3.63, 3.8) is 0 Å². The van der Waals surface area contributed by atoms with Crippen molar-refractivity contribution in [2.75, 3.05) is 19.5 Å². The van der Waals surface area contributed by atoms with Crippen LogP contribution in [-0.2, 0) is 6.54 Å². The van der Waals surface area contributed by atoms with Crippen LogP contribution >= 0.6 is 11.8 Å². The van der Waals surface area contributed by atoms with Crippen LogP contribution in [0.15, 0.2) is 53.7 Å². The number of nitrogens with zero attached hydrogens (tertiary/aromatic N) is 3. The highest BCUT2D eigenvalue weighted by Gasteiger charge is 2.20. The lowest BCUT2D eigenvalue weighted by molar-refractivity contribution is 0.0933. The van der Waals surface area contributed by atoms with E-state index in [-0.39, 0.29) is 5.56 Å². The lowest BCUT2D eigenvalue weighted by Gasteiger charge is -2.15. The Kier molecular flexibility index (Phi) is 7.88. The molecule has 0 fully saturated rings. The zero-order valence-corrected chi connectivity index (χ0v) is 18.5. The fourth-order valence-electron chi connectivity index (χ4n) is 3.03. The van der Waals surface area contributed by atoms with Crippen molar-refractivity contribution < 1.29 is 18.7 Å². The van der Waals surface area contributed by atoms with Gasteiger partial charge in [-0.25, -0.2) is 4.39 Å². The number of aromatic nitrogens is 3. The molecule has 1 N–H and O–H groups in total. The molecule has 1 heterocycles. The van der Waals surface area contributed by atoms with Gasteiger partial charge in [-0.2, -0.15) is 0 Å². The van der Waals surface area contributed by atoms with E-state index in [1.54, 1.807) is 26.2 Å². The number of para-hydroxylation sites is 2. The normalized spacial score (nSPS) is 11.7. The second kappa shape index (κ2) is 10.8. The molecule has 164 valence electrons. The Labute approximate surface area is 185 Å². The van der Waals surface area contributed by atoms with Gasteiger partial charge in [0, 0.05) is 12.3 Å². The van der Waals surface area contributed by atoms with Crippen molar-refractivity contribution in [3.05, 3.63) is 65.7 Å². The standard InChI is InChI=1S/C22H25FN4O3S/c1-4-27-20(15(2)24-21(28)16-9-5-6-10-17(16)23)25-26-22(27)31-14-13-30-19-12-8-7-11-18(19)29-3/h5-12,15H,4,13-14H2,1-3H3,(H,24,28). The van der Waals surface area contributed by atoms with Crippen LogP contribution in [0.3, 0.4) is 0 Å². The van der Waals surface area contributed by atoms with Crippen LogP contribution in [0, 0.1) is 5.82 Å². The van der Waals surface area contributed by atoms with Crippen LogP contribution in [0.25, 0.3) is 0 Å². The summed E-state index contributed by atoms with van der Waals surface area (Å²) in [5.74, 6) is 1.59. The zero-order chi connectivity index (χ0) is 22.2. The van der Waals surface area contributed by atoms with E-state index in [4.69, 9.17) is 9.47 Å². The van der Waals surface area contributed by atoms with E-state index in [0.717, 1.165) is 5.16 Å².